The summed E-state index contributed by atoms with van der Waals surface area (Å²) in [5.41, 5.74) is 6.46. The summed E-state index contributed by atoms with van der Waals surface area (Å²) in [6.07, 6.45) is 3.43. The van der Waals surface area contributed by atoms with Gasteiger partial charge in [0.2, 0.25) is 0 Å². The molecule has 1 nitrogen and oxygen atoms in total. The normalized spacial score (nSPS) is 14.7. The number of nitrogens with zero attached hydrogens (tertiary/aromatic N) is 1. The molecular formula is C6H5N. The molecule has 0 spiro atoms. The van der Waals surface area contributed by atoms with E-state index < -0.39 is 0 Å². The van der Waals surface area contributed by atoms with Crippen molar-refractivity contribution < 1.29 is 0 Å². The quantitative estimate of drug-likeness (QED) is 0.398. The summed E-state index contributed by atoms with van der Waals surface area (Å²) in [7, 11) is 0. The van der Waals surface area contributed by atoms with Crippen LogP contribution in [-0.4, -0.2) is 6.21 Å². The minimum Gasteiger partial charge on any atom is -0.252 e. The summed E-state index contributed by atoms with van der Waals surface area (Å²) in [5, 5.41) is 0. The van der Waals surface area contributed by atoms with Gasteiger partial charge in [0.05, 0.1) is 5.70 Å². The van der Waals surface area contributed by atoms with E-state index in [0.717, 1.165) is 5.70 Å². The molecule has 0 amide bonds. The second-order valence-electron chi connectivity index (χ2n) is 1.30. The lowest BCUT2D eigenvalue weighted by Crippen LogP contribution is -1.69. The van der Waals surface area contributed by atoms with E-state index in [4.69, 9.17) is 0 Å². The summed E-state index contributed by atoms with van der Waals surface area (Å²) in [4.78, 5) is 3.89. The lowest BCUT2D eigenvalue weighted by Gasteiger charge is -1.81. The van der Waals surface area contributed by atoms with Gasteiger partial charge < -0.3 is 0 Å². The molecule has 0 atom stereocenters. The first kappa shape index (κ1) is 4.14. The molecule has 0 aromatic heterocycles. The molecule has 7 heavy (non-hydrogen) atoms. The molecule has 1 rings (SSSR count). The van der Waals surface area contributed by atoms with E-state index in [9.17, 15) is 0 Å². The third-order valence-corrected chi connectivity index (χ3v) is 0.679. The molecule has 0 aromatic rings. The smallest absolute Gasteiger partial charge is 0.0871 e. The molecule has 0 aromatic carbocycles. The van der Waals surface area contributed by atoms with Gasteiger partial charge in [0.1, 0.15) is 0 Å². The van der Waals surface area contributed by atoms with Crippen molar-refractivity contribution in [3.8, 4) is 0 Å². The Morgan fingerprint density at radius 2 is 2.57 bits per heavy atom. The van der Waals surface area contributed by atoms with E-state index in [1.165, 1.54) is 0 Å². The van der Waals surface area contributed by atoms with Crippen LogP contribution < -0.4 is 0 Å². The van der Waals surface area contributed by atoms with Crippen LogP contribution in [0.15, 0.2) is 28.2 Å². The molecular weight excluding hydrogens is 86.1 g/mol. The zero-order chi connectivity index (χ0) is 5.11. The predicted molar refractivity (Wildman–Crippen MR) is 29.3 cm³/mol. The van der Waals surface area contributed by atoms with Gasteiger partial charge in [0.25, 0.3) is 0 Å². The van der Waals surface area contributed by atoms with Crippen molar-refractivity contribution >= 4 is 6.21 Å². The molecule has 0 N–H and O–H groups in total. The fraction of sp³-hybridized carbons (Fsp3) is 0.167. The van der Waals surface area contributed by atoms with Crippen LogP contribution in [0.25, 0.3) is 0 Å². The number of hydrogen-bond donors (Lipinski definition) is 0. The Morgan fingerprint density at radius 1 is 1.71 bits per heavy atom. The lowest BCUT2D eigenvalue weighted by molar-refractivity contribution is 1.33. The Balaban J connectivity index is 3.14. The topological polar surface area (TPSA) is 12.4 Å². The monoisotopic (exact) mass is 91.0 g/mol. The van der Waals surface area contributed by atoms with Gasteiger partial charge in [-0.05, 0) is 12.7 Å². The van der Waals surface area contributed by atoms with Gasteiger partial charge in [-0.2, -0.15) is 0 Å². The fourth-order valence-electron chi connectivity index (χ4n) is 0.365. The first-order chi connectivity index (χ1) is 3.39. The highest BCUT2D eigenvalue weighted by atomic mass is 14.7. The second kappa shape index (κ2) is 1.61. The molecule has 0 bridgehead atoms. The van der Waals surface area contributed by atoms with Gasteiger partial charge in [-0.15, -0.1) is 0 Å². The molecule has 1 heterocycles. The van der Waals surface area contributed by atoms with Gasteiger partial charge in [0, 0.05) is 12.3 Å². The lowest BCUT2D eigenvalue weighted by atomic mass is 10.4. The van der Waals surface area contributed by atoms with E-state index >= 15 is 0 Å². The first-order valence-corrected chi connectivity index (χ1v) is 2.10. The molecule has 0 saturated heterocycles. The maximum absolute atomic E-state index is 3.89. The van der Waals surface area contributed by atoms with E-state index in [1.807, 2.05) is 6.92 Å². The van der Waals surface area contributed by atoms with Crippen molar-refractivity contribution in [3.63, 3.8) is 0 Å². The average molecular weight is 91.1 g/mol. The van der Waals surface area contributed by atoms with Gasteiger partial charge in [-0.3, -0.25) is 4.99 Å². The van der Waals surface area contributed by atoms with E-state index in [1.54, 1.807) is 12.3 Å². The van der Waals surface area contributed by atoms with Crippen molar-refractivity contribution in [2.24, 2.45) is 4.99 Å². The molecule has 34 valence electrons. The summed E-state index contributed by atoms with van der Waals surface area (Å²) in [5.74, 6) is 0. The standard InChI is InChI=1S/C6H5N/c1-6-4-2-3-5-7-6/h3,5H,1H3. The Labute approximate surface area is 42.4 Å². The Bertz CT molecular complexity index is 186. The first-order valence-electron chi connectivity index (χ1n) is 2.10. The van der Waals surface area contributed by atoms with Crippen LogP contribution in [0.5, 0.6) is 0 Å². The Kier molecular flexibility index (Phi) is 0.953. The van der Waals surface area contributed by atoms with Crippen LogP contribution in [0.1, 0.15) is 6.92 Å². The van der Waals surface area contributed by atoms with Gasteiger partial charge >= 0.3 is 0 Å². The zero-order valence-electron chi connectivity index (χ0n) is 4.10. The van der Waals surface area contributed by atoms with E-state index in [2.05, 4.69) is 16.5 Å². The van der Waals surface area contributed by atoms with Crippen LogP contribution >= 0.6 is 0 Å². The summed E-state index contributed by atoms with van der Waals surface area (Å²) < 4.78 is 0. The number of rotatable bonds is 0. The van der Waals surface area contributed by atoms with E-state index in [0.29, 0.717) is 0 Å². The molecule has 1 aliphatic rings. The fourth-order valence-corrected chi connectivity index (χ4v) is 0.365. The largest absolute Gasteiger partial charge is 0.252 e. The van der Waals surface area contributed by atoms with Crippen LogP contribution in [0.4, 0.5) is 0 Å². The number of aliphatic imine (C=N–C) groups is 1. The summed E-state index contributed by atoms with van der Waals surface area (Å²) in [6, 6.07) is 0. The van der Waals surface area contributed by atoms with E-state index in [-0.39, 0.29) is 0 Å². The van der Waals surface area contributed by atoms with Crippen LogP contribution in [0, 0.1) is 0 Å². The highest BCUT2D eigenvalue weighted by Crippen LogP contribution is 1.90. The molecule has 0 radical (unpaired) electrons. The van der Waals surface area contributed by atoms with Gasteiger partial charge in [-0.25, -0.2) is 0 Å². The molecule has 1 aliphatic heterocycles. The molecule has 0 unspecified atom stereocenters. The van der Waals surface area contributed by atoms with Crippen molar-refractivity contribution in [2.75, 3.05) is 0 Å². The van der Waals surface area contributed by atoms with Crippen molar-refractivity contribution in [2.45, 2.75) is 6.92 Å². The van der Waals surface area contributed by atoms with Crippen LogP contribution in [-0.2, 0) is 0 Å². The predicted octanol–water partition coefficient (Wildman–Crippen LogP) is 1.28. The van der Waals surface area contributed by atoms with Crippen LogP contribution in [0.2, 0.25) is 0 Å². The molecule has 0 saturated carbocycles. The molecule has 0 aliphatic carbocycles. The minimum atomic E-state index is 0.891. The highest BCUT2D eigenvalue weighted by molar-refractivity contribution is 5.72. The third kappa shape index (κ3) is 0.902. The van der Waals surface area contributed by atoms with Gasteiger partial charge in [0.15, 0.2) is 0 Å². The Hall–Kier alpha value is -1.03. The van der Waals surface area contributed by atoms with Crippen molar-refractivity contribution in [3.05, 3.63) is 23.2 Å². The van der Waals surface area contributed by atoms with Gasteiger partial charge in [-0.1, -0.05) is 5.73 Å². The molecule has 1 heteroatoms. The summed E-state index contributed by atoms with van der Waals surface area (Å²) >= 11 is 0. The average Bonchev–Trinajstić information content (AvgIpc) is 1.69. The minimum absolute atomic E-state index is 0.891. The van der Waals surface area contributed by atoms with Crippen molar-refractivity contribution in [1.82, 2.24) is 0 Å². The van der Waals surface area contributed by atoms with Crippen molar-refractivity contribution in [1.29, 1.82) is 0 Å². The zero-order valence-corrected chi connectivity index (χ0v) is 4.10. The Morgan fingerprint density at radius 3 is 2.86 bits per heavy atom. The van der Waals surface area contributed by atoms with Crippen LogP contribution in [0.3, 0.4) is 0 Å². The maximum atomic E-state index is 3.89. The second-order valence-corrected chi connectivity index (χ2v) is 1.30. The number of allylic oxidation sites excluding steroid dienone is 2. The molecule has 0 fully saturated rings. The summed E-state index contributed by atoms with van der Waals surface area (Å²) in [6.45, 7) is 1.89. The number of hydrogen-bond acceptors (Lipinski definition) is 1. The highest BCUT2D eigenvalue weighted by Gasteiger charge is 1.75. The maximum Gasteiger partial charge on any atom is 0.0871 e. The third-order valence-electron chi connectivity index (χ3n) is 0.679. The SMILES string of the molecule is CC1=C=C=CC=N1.